The quantitative estimate of drug-likeness (QED) is 0.810. The first kappa shape index (κ1) is 17.0. The van der Waals surface area contributed by atoms with Crippen molar-refractivity contribution in [3.63, 3.8) is 0 Å². The van der Waals surface area contributed by atoms with Crippen molar-refractivity contribution in [1.82, 2.24) is 10.2 Å². The topological polar surface area (TPSA) is 93.2 Å². The Balaban J connectivity index is 2.09. The molecule has 23 heavy (non-hydrogen) atoms. The number of benzene rings is 1. The van der Waals surface area contributed by atoms with E-state index in [9.17, 15) is 9.59 Å². The minimum Gasteiger partial charge on any atom is -0.372 e. The SMILES string of the molecule is CCOCC(=O)Nc1ccccc1C(=O)Nc1nnc(CC)s1. The number of para-hydroxylation sites is 1. The third kappa shape index (κ3) is 4.83. The predicted octanol–water partition coefficient (Wildman–Crippen LogP) is 2.33. The Morgan fingerprint density at radius 2 is 1.96 bits per heavy atom. The van der Waals surface area contributed by atoms with E-state index < -0.39 is 0 Å². The molecule has 0 radical (unpaired) electrons. The van der Waals surface area contributed by atoms with Gasteiger partial charge in [-0.3, -0.25) is 14.9 Å². The van der Waals surface area contributed by atoms with Crippen molar-refractivity contribution in [2.75, 3.05) is 23.8 Å². The van der Waals surface area contributed by atoms with E-state index in [1.165, 1.54) is 11.3 Å². The molecule has 2 N–H and O–H groups in total. The zero-order valence-corrected chi connectivity index (χ0v) is 13.8. The number of anilines is 2. The number of carbonyl (C=O) groups is 2. The minimum atomic E-state index is -0.351. The third-order valence-corrected chi connectivity index (χ3v) is 3.86. The summed E-state index contributed by atoms with van der Waals surface area (Å²) in [6.45, 7) is 4.17. The summed E-state index contributed by atoms with van der Waals surface area (Å²) >= 11 is 1.33. The summed E-state index contributed by atoms with van der Waals surface area (Å²) in [4.78, 5) is 24.1. The van der Waals surface area contributed by atoms with Gasteiger partial charge < -0.3 is 10.1 Å². The Morgan fingerprint density at radius 1 is 1.17 bits per heavy atom. The molecule has 0 aliphatic rings. The highest BCUT2D eigenvalue weighted by Gasteiger charge is 2.15. The van der Waals surface area contributed by atoms with Crippen molar-refractivity contribution < 1.29 is 14.3 Å². The highest BCUT2D eigenvalue weighted by atomic mass is 32.1. The first-order valence-electron chi connectivity index (χ1n) is 7.24. The van der Waals surface area contributed by atoms with Gasteiger partial charge in [0.2, 0.25) is 11.0 Å². The summed E-state index contributed by atoms with van der Waals surface area (Å²) in [5, 5.41) is 14.5. The molecule has 8 heteroatoms. The number of ether oxygens (including phenoxy) is 1. The Labute approximate surface area is 138 Å². The van der Waals surface area contributed by atoms with Gasteiger partial charge in [-0.15, -0.1) is 10.2 Å². The smallest absolute Gasteiger partial charge is 0.259 e. The van der Waals surface area contributed by atoms with Gasteiger partial charge >= 0.3 is 0 Å². The molecule has 7 nitrogen and oxygen atoms in total. The van der Waals surface area contributed by atoms with Crippen LogP contribution >= 0.6 is 11.3 Å². The van der Waals surface area contributed by atoms with Crippen LogP contribution in [0, 0.1) is 0 Å². The van der Waals surface area contributed by atoms with Crippen LogP contribution in [0.1, 0.15) is 29.2 Å². The van der Waals surface area contributed by atoms with Gasteiger partial charge in [0.1, 0.15) is 11.6 Å². The van der Waals surface area contributed by atoms with Gasteiger partial charge in [-0.2, -0.15) is 0 Å². The molecule has 122 valence electrons. The van der Waals surface area contributed by atoms with Gasteiger partial charge in [0.05, 0.1) is 11.3 Å². The number of aryl methyl sites for hydroxylation is 1. The lowest BCUT2D eigenvalue weighted by Crippen LogP contribution is -2.21. The fourth-order valence-electron chi connectivity index (χ4n) is 1.78. The summed E-state index contributed by atoms with van der Waals surface area (Å²) in [6, 6.07) is 6.77. The molecule has 1 aromatic carbocycles. The van der Waals surface area contributed by atoms with Crippen LogP contribution in [0.25, 0.3) is 0 Å². The van der Waals surface area contributed by atoms with E-state index in [1.54, 1.807) is 31.2 Å². The average Bonchev–Trinajstić information content (AvgIpc) is 3.01. The Hall–Kier alpha value is -2.32. The number of rotatable bonds is 7. The summed E-state index contributed by atoms with van der Waals surface area (Å²) < 4.78 is 5.05. The molecule has 0 saturated heterocycles. The first-order valence-corrected chi connectivity index (χ1v) is 8.06. The molecular weight excluding hydrogens is 316 g/mol. The van der Waals surface area contributed by atoms with E-state index in [2.05, 4.69) is 20.8 Å². The van der Waals surface area contributed by atoms with Gasteiger partial charge in [-0.25, -0.2) is 0 Å². The van der Waals surface area contributed by atoms with E-state index in [-0.39, 0.29) is 18.4 Å². The second kappa shape index (κ2) is 8.35. The molecule has 2 aromatic rings. The number of hydrogen-bond acceptors (Lipinski definition) is 6. The summed E-state index contributed by atoms with van der Waals surface area (Å²) in [6.07, 6.45) is 0.762. The van der Waals surface area contributed by atoms with Crippen molar-refractivity contribution in [1.29, 1.82) is 0 Å². The van der Waals surface area contributed by atoms with Gasteiger partial charge in [0, 0.05) is 6.61 Å². The number of amides is 2. The fourth-order valence-corrected chi connectivity index (χ4v) is 2.46. The van der Waals surface area contributed by atoms with E-state index in [1.807, 2.05) is 6.92 Å². The Morgan fingerprint density at radius 3 is 2.65 bits per heavy atom. The zero-order chi connectivity index (χ0) is 16.7. The van der Waals surface area contributed by atoms with Crippen molar-refractivity contribution in [3.05, 3.63) is 34.8 Å². The lowest BCUT2D eigenvalue weighted by atomic mass is 10.1. The summed E-state index contributed by atoms with van der Waals surface area (Å²) in [5.74, 6) is -0.660. The van der Waals surface area contributed by atoms with E-state index >= 15 is 0 Å². The molecule has 1 heterocycles. The molecule has 2 rings (SSSR count). The molecule has 2 amide bonds. The largest absolute Gasteiger partial charge is 0.372 e. The van der Waals surface area contributed by atoms with Crippen molar-refractivity contribution >= 4 is 34.0 Å². The maximum absolute atomic E-state index is 12.4. The van der Waals surface area contributed by atoms with Gasteiger partial charge in [-0.1, -0.05) is 30.4 Å². The van der Waals surface area contributed by atoms with Crippen LogP contribution in [0.2, 0.25) is 0 Å². The molecule has 0 aliphatic carbocycles. The summed E-state index contributed by atoms with van der Waals surface area (Å²) in [7, 11) is 0. The third-order valence-electron chi connectivity index (χ3n) is 2.87. The number of aromatic nitrogens is 2. The highest BCUT2D eigenvalue weighted by Crippen LogP contribution is 2.20. The zero-order valence-electron chi connectivity index (χ0n) is 13.0. The monoisotopic (exact) mass is 334 g/mol. The number of nitrogens with zero attached hydrogens (tertiary/aromatic N) is 2. The first-order chi connectivity index (χ1) is 11.1. The van der Waals surface area contributed by atoms with E-state index in [0.29, 0.717) is 23.0 Å². The molecule has 1 aromatic heterocycles. The van der Waals surface area contributed by atoms with Crippen LogP contribution in [0.4, 0.5) is 10.8 Å². The second-order valence-electron chi connectivity index (χ2n) is 4.54. The lowest BCUT2D eigenvalue weighted by Gasteiger charge is -2.10. The predicted molar refractivity (Wildman–Crippen MR) is 88.8 cm³/mol. The van der Waals surface area contributed by atoms with Crippen molar-refractivity contribution in [3.8, 4) is 0 Å². The number of carbonyl (C=O) groups excluding carboxylic acids is 2. The standard InChI is InChI=1S/C15H18N4O3S/c1-3-13-18-19-15(23-13)17-14(21)10-7-5-6-8-11(10)16-12(20)9-22-4-2/h5-8H,3-4,9H2,1-2H3,(H,16,20)(H,17,19,21). The van der Waals surface area contributed by atoms with Gasteiger partial charge in [0.25, 0.3) is 5.91 Å². The molecular formula is C15H18N4O3S. The highest BCUT2D eigenvalue weighted by molar-refractivity contribution is 7.15. The summed E-state index contributed by atoms with van der Waals surface area (Å²) in [5.41, 5.74) is 0.778. The van der Waals surface area contributed by atoms with Crippen LogP contribution in [0.15, 0.2) is 24.3 Å². The second-order valence-corrected chi connectivity index (χ2v) is 5.60. The Kier molecular flexibility index (Phi) is 6.19. The molecule has 0 bridgehead atoms. The van der Waals surface area contributed by atoms with Crippen LogP contribution in [0.5, 0.6) is 0 Å². The van der Waals surface area contributed by atoms with Gasteiger partial charge in [0.15, 0.2) is 0 Å². The van der Waals surface area contributed by atoms with Crippen molar-refractivity contribution in [2.24, 2.45) is 0 Å². The van der Waals surface area contributed by atoms with E-state index in [4.69, 9.17) is 4.74 Å². The van der Waals surface area contributed by atoms with Crippen LogP contribution in [-0.2, 0) is 16.0 Å². The fraction of sp³-hybridized carbons (Fsp3) is 0.333. The minimum absolute atomic E-state index is 0.0529. The maximum Gasteiger partial charge on any atom is 0.259 e. The molecule has 0 unspecified atom stereocenters. The van der Waals surface area contributed by atoms with Gasteiger partial charge in [-0.05, 0) is 25.5 Å². The molecule has 0 atom stereocenters. The van der Waals surface area contributed by atoms with Crippen LogP contribution in [0.3, 0.4) is 0 Å². The lowest BCUT2D eigenvalue weighted by molar-refractivity contribution is -0.120. The molecule has 0 fully saturated rings. The maximum atomic E-state index is 12.4. The van der Waals surface area contributed by atoms with Crippen molar-refractivity contribution in [2.45, 2.75) is 20.3 Å². The molecule has 0 aliphatic heterocycles. The number of nitrogens with one attached hydrogen (secondary N) is 2. The number of hydrogen-bond donors (Lipinski definition) is 2. The van der Waals surface area contributed by atoms with E-state index in [0.717, 1.165) is 11.4 Å². The molecule has 0 saturated carbocycles. The molecule has 0 spiro atoms. The van der Waals surface area contributed by atoms with Crippen LogP contribution < -0.4 is 10.6 Å². The van der Waals surface area contributed by atoms with Crippen LogP contribution in [-0.4, -0.2) is 35.2 Å². The average molecular weight is 334 g/mol. The normalized spacial score (nSPS) is 10.3. The Bertz CT molecular complexity index is 687.